The Kier molecular flexibility index (Phi) is 3.94. The molecule has 130 valence electrons. The molecular weight excluding hydrogens is 336 g/mol. The molecule has 4 aromatic rings. The lowest BCUT2D eigenvalue weighted by atomic mass is 9.92. The van der Waals surface area contributed by atoms with Crippen molar-refractivity contribution in [3.8, 4) is 28.5 Å². The van der Waals surface area contributed by atoms with Gasteiger partial charge < -0.3 is 5.84 Å². The molecule has 0 spiro atoms. The second-order valence-corrected chi connectivity index (χ2v) is 6.30. The SMILES string of the molecule is Cc1cn(N)c(=O)c2c(-c3ccccc3)c(C#N)c(-c3ccccc3)nc12. The highest BCUT2D eigenvalue weighted by molar-refractivity contribution is 6.01. The average molecular weight is 352 g/mol. The van der Waals surface area contributed by atoms with Crippen molar-refractivity contribution in [1.82, 2.24) is 9.66 Å². The number of aryl methyl sites for hydroxylation is 1. The molecule has 2 heterocycles. The predicted octanol–water partition coefficient (Wildman–Crippen LogP) is 3.62. The van der Waals surface area contributed by atoms with Gasteiger partial charge in [0.05, 0.1) is 22.2 Å². The fourth-order valence-corrected chi connectivity index (χ4v) is 3.34. The molecule has 0 saturated carbocycles. The maximum absolute atomic E-state index is 12.9. The molecule has 0 aliphatic rings. The van der Waals surface area contributed by atoms with Crippen LogP contribution in [-0.4, -0.2) is 9.66 Å². The molecule has 0 unspecified atom stereocenters. The normalized spacial score (nSPS) is 10.7. The first-order valence-electron chi connectivity index (χ1n) is 8.47. The van der Waals surface area contributed by atoms with E-state index in [0.29, 0.717) is 27.7 Å². The van der Waals surface area contributed by atoms with Crippen molar-refractivity contribution in [2.75, 3.05) is 5.84 Å². The molecule has 2 aromatic carbocycles. The van der Waals surface area contributed by atoms with E-state index in [1.54, 1.807) is 6.20 Å². The van der Waals surface area contributed by atoms with Crippen molar-refractivity contribution < 1.29 is 0 Å². The highest BCUT2D eigenvalue weighted by Gasteiger charge is 2.21. The number of nitriles is 1. The van der Waals surface area contributed by atoms with Crippen LogP contribution in [0.2, 0.25) is 0 Å². The first-order chi connectivity index (χ1) is 13.1. The molecular formula is C22H16N4O. The Morgan fingerprint density at radius 3 is 2.19 bits per heavy atom. The molecule has 0 radical (unpaired) electrons. The van der Waals surface area contributed by atoms with Crippen LogP contribution >= 0.6 is 0 Å². The van der Waals surface area contributed by atoms with Crippen LogP contribution in [0.3, 0.4) is 0 Å². The summed E-state index contributed by atoms with van der Waals surface area (Å²) in [5.74, 6) is 5.87. The topological polar surface area (TPSA) is 84.7 Å². The largest absolute Gasteiger partial charge is 0.336 e. The quantitative estimate of drug-likeness (QED) is 0.558. The number of aromatic nitrogens is 2. The second-order valence-electron chi connectivity index (χ2n) is 6.30. The van der Waals surface area contributed by atoms with Gasteiger partial charge in [-0.1, -0.05) is 60.7 Å². The highest BCUT2D eigenvalue weighted by atomic mass is 16.1. The zero-order valence-electron chi connectivity index (χ0n) is 14.7. The zero-order valence-corrected chi connectivity index (χ0v) is 14.7. The van der Waals surface area contributed by atoms with Crippen LogP contribution in [0.15, 0.2) is 71.7 Å². The van der Waals surface area contributed by atoms with E-state index in [1.807, 2.05) is 67.6 Å². The van der Waals surface area contributed by atoms with Gasteiger partial charge >= 0.3 is 0 Å². The van der Waals surface area contributed by atoms with Crippen LogP contribution in [0, 0.1) is 18.3 Å². The number of nitrogens with two attached hydrogens (primary N) is 1. The Labute approximate surface area is 155 Å². The smallest absolute Gasteiger partial charge is 0.278 e. The van der Waals surface area contributed by atoms with E-state index in [4.69, 9.17) is 10.8 Å². The molecule has 0 fully saturated rings. The molecule has 2 N–H and O–H groups in total. The summed E-state index contributed by atoms with van der Waals surface area (Å²) in [6.45, 7) is 1.85. The summed E-state index contributed by atoms with van der Waals surface area (Å²) in [5, 5.41) is 10.3. The van der Waals surface area contributed by atoms with Crippen molar-refractivity contribution in [3.63, 3.8) is 0 Å². The summed E-state index contributed by atoms with van der Waals surface area (Å²) in [4.78, 5) is 17.6. The van der Waals surface area contributed by atoms with Gasteiger partial charge in [-0.2, -0.15) is 5.26 Å². The van der Waals surface area contributed by atoms with Gasteiger partial charge in [0.25, 0.3) is 5.56 Å². The number of fused-ring (bicyclic) bond motifs is 1. The van der Waals surface area contributed by atoms with E-state index < -0.39 is 0 Å². The van der Waals surface area contributed by atoms with E-state index in [-0.39, 0.29) is 5.56 Å². The van der Waals surface area contributed by atoms with Gasteiger partial charge in [-0.25, -0.2) is 9.66 Å². The molecule has 0 atom stereocenters. The van der Waals surface area contributed by atoms with Crippen molar-refractivity contribution in [1.29, 1.82) is 5.26 Å². The Hall–Kier alpha value is -3.91. The lowest BCUT2D eigenvalue weighted by molar-refractivity contribution is 0.941. The lowest BCUT2D eigenvalue weighted by Crippen LogP contribution is -2.28. The van der Waals surface area contributed by atoms with Crippen molar-refractivity contribution in [2.45, 2.75) is 6.92 Å². The molecule has 4 rings (SSSR count). The Bertz CT molecular complexity index is 1250. The van der Waals surface area contributed by atoms with Gasteiger partial charge in [0, 0.05) is 17.3 Å². The number of hydrogen-bond donors (Lipinski definition) is 1. The van der Waals surface area contributed by atoms with E-state index in [2.05, 4.69) is 6.07 Å². The van der Waals surface area contributed by atoms with Crippen LogP contribution in [0.4, 0.5) is 0 Å². The predicted molar refractivity (Wildman–Crippen MR) is 106 cm³/mol. The average Bonchev–Trinajstić information content (AvgIpc) is 2.71. The van der Waals surface area contributed by atoms with Crippen LogP contribution < -0.4 is 11.4 Å². The Morgan fingerprint density at radius 2 is 1.59 bits per heavy atom. The summed E-state index contributed by atoms with van der Waals surface area (Å²) in [6, 6.07) is 21.2. The van der Waals surface area contributed by atoms with E-state index in [9.17, 15) is 10.1 Å². The van der Waals surface area contributed by atoms with Crippen molar-refractivity contribution in [2.24, 2.45) is 0 Å². The van der Waals surface area contributed by atoms with Crippen molar-refractivity contribution >= 4 is 10.9 Å². The molecule has 0 bridgehead atoms. The van der Waals surface area contributed by atoms with Crippen LogP contribution in [0.1, 0.15) is 11.1 Å². The number of benzene rings is 2. The summed E-state index contributed by atoms with van der Waals surface area (Å²) in [7, 11) is 0. The third-order valence-electron chi connectivity index (χ3n) is 4.57. The number of pyridine rings is 2. The highest BCUT2D eigenvalue weighted by Crippen LogP contribution is 2.35. The summed E-state index contributed by atoms with van der Waals surface area (Å²) in [6.07, 6.45) is 1.56. The first kappa shape index (κ1) is 16.6. The Morgan fingerprint density at radius 1 is 1.00 bits per heavy atom. The minimum Gasteiger partial charge on any atom is -0.336 e. The monoisotopic (exact) mass is 352 g/mol. The molecule has 27 heavy (non-hydrogen) atoms. The summed E-state index contributed by atoms with van der Waals surface area (Å²) < 4.78 is 1.05. The van der Waals surface area contributed by atoms with E-state index >= 15 is 0 Å². The molecule has 2 aromatic heterocycles. The summed E-state index contributed by atoms with van der Waals surface area (Å²) in [5.41, 5.74) is 4.03. The fourth-order valence-electron chi connectivity index (χ4n) is 3.34. The zero-order chi connectivity index (χ0) is 19.0. The van der Waals surface area contributed by atoms with Crippen LogP contribution in [0.25, 0.3) is 33.3 Å². The van der Waals surface area contributed by atoms with Gasteiger partial charge in [0.1, 0.15) is 6.07 Å². The molecule has 0 aliphatic heterocycles. The van der Waals surface area contributed by atoms with Gasteiger partial charge in [-0.3, -0.25) is 4.79 Å². The molecule has 5 nitrogen and oxygen atoms in total. The van der Waals surface area contributed by atoms with Gasteiger partial charge in [0.15, 0.2) is 0 Å². The number of nitrogens with zero attached hydrogens (tertiary/aromatic N) is 3. The third-order valence-corrected chi connectivity index (χ3v) is 4.57. The van der Waals surface area contributed by atoms with E-state index in [0.717, 1.165) is 21.4 Å². The maximum atomic E-state index is 12.9. The Balaban J connectivity index is 2.27. The van der Waals surface area contributed by atoms with Gasteiger partial charge in [0.2, 0.25) is 0 Å². The lowest BCUT2D eigenvalue weighted by Gasteiger charge is -2.15. The second kappa shape index (κ2) is 6.43. The standard InChI is InChI=1S/C22H16N4O/c1-14-13-26(24)22(27)19-18(15-8-4-2-5-9-15)17(12-23)21(25-20(14)19)16-10-6-3-7-11-16/h2-11,13H,24H2,1H3. The van der Waals surface area contributed by atoms with Gasteiger partial charge in [-0.15, -0.1) is 0 Å². The minimum absolute atomic E-state index is 0.361. The number of rotatable bonds is 2. The molecule has 0 aliphatic carbocycles. The van der Waals surface area contributed by atoms with Crippen LogP contribution in [-0.2, 0) is 0 Å². The van der Waals surface area contributed by atoms with Crippen LogP contribution in [0.5, 0.6) is 0 Å². The fraction of sp³-hybridized carbons (Fsp3) is 0.0455. The molecule has 5 heteroatoms. The number of hydrogen-bond acceptors (Lipinski definition) is 4. The summed E-state index contributed by atoms with van der Waals surface area (Å²) >= 11 is 0. The maximum Gasteiger partial charge on any atom is 0.278 e. The molecule has 0 saturated heterocycles. The van der Waals surface area contributed by atoms with E-state index in [1.165, 1.54) is 0 Å². The molecule has 0 amide bonds. The first-order valence-corrected chi connectivity index (χ1v) is 8.47. The minimum atomic E-state index is -0.377. The third kappa shape index (κ3) is 2.64. The van der Waals surface area contributed by atoms with Crippen molar-refractivity contribution in [3.05, 3.63) is 88.3 Å². The van der Waals surface area contributed by atoms with Gasteiger partial charge in [-0.05, 0) is 18.1 Å². The number of nitrogen functional groups attached to an aromatic ring is 1.